The lowest BCUT2D eigenvalue weighted by molar-refractivity contribution is 0.456. The smallest absolute Gasteiger partial charge is 0.211 e. The lowest BCUT2D eigenvalue weighted by Gasteiger charge is -2.10. The number of hydrogen-bond donors (Lipinski definition) is 0. The van der Waals surface area contributed by atoms with E-state index < -0.39 is 0 Å². The van der Waals surface area contributed by atoms with Crippen LogP contribution in [0.15, 0.2) is 9.98 Å². The van der Waals surface area contributed by atoms with Crippen molar-refractivity contribution in [3.63, 3.8) is 0 Å². The Morgan fingerprint density at radius 2 is 1.79 bits per heavy atom. The summed E-state index contributed by atoms with van der Waals surface area (Å²) in [6.45, 7) is 4.52. The first-order valence-electron chi connectivity index (χ1n) is 4.81. The zero-order chi connectivity index (χ0) is 10.8. The quantitative estimate of drug-likeness (QED) is 0.461. The van der Waals surface area contributed by atoms with E-state index in [9.17, 15) is 9.59 Å². The molecule has 2 unspecified atom stereocenters. The van der Waals surface area contributed by atoms with Gasteiger partial charge in [0.1, 0.15) is 0 Å². The second-order valence-electron chi connectivity index (χ2n) is 3.51. The number of aliphatic imine (C=N–C) groups is 2. The lowest BCUT2D eigenvalue weighted by atomic mass is 9.99. The molecule has 0 radical (unpaired) electrons. The molecule has 0 amide bonds. The maximum absolute atomic E-state index is 9.92. The van der Waals surface area contributed by atoms with Crippen LogP contribution in [0.1, 0.15) is 33.1 Å². The van der Waals surface area contributed by atoms with Gasteiger partial charge in [-0.25, -0.2) is 19.6 Å². The fourth-order valence-corrected chi connectivity index (χ4v) is 1.16. The van der Waals surface area contributed by atoms with Crippen LogP contribution in [-0.2, 0) is 9.59 Å². The van der Waals surface area contributed by atoms with E-state index in [1.165, 1.54) is 6.08 Å². The molecule has 0 aliphatic rings. The predicted octanol–water partition coefficient (Wildman–Crippen LogP) is 1.85. The summed E-state index contributed by atoms with van der Waals surface area (Å²) in [4.78, 5) is 26.8. The largest absolute Gasteiger partial charge is 0.235 e. The molecule has 4 heteroatoms. The summed E-state index contributed by atoms with van der Waals surface area (Å²) in [5.74, 6) is 0.497. The molecule has 0 saturated heterocycles. The van der Waals surface area contributed by atoms with E-state index in [0.717, 1.165) is 19.3 Å². The van der Waals surface area contributed by atoms with Crippen LogP contribution in [0, 0.1) is 5.92 Å². The van der Waals surface area contributed by atoms with Gasteiger partial charge in [-0.1, -0.05) is 6.92 Å². The minimum Gasteiger partial charge on any atom is -0.211 e. The lowest BCUT2D eigenvalue weighted by Crippen LogP contribution is -2.03. The molecule has 0 spiro atoms. The van der Waals surface area contributed by atoms with Crippen molar-refractivity contribution in [1.82, 2.24) is 0 Å². The van der Waals surface area contributed by atoms with Crippen LogP contribution in [0.2, 0.25) is 0 Å². The average molecular weight is 196 g/mol. The molecule has 0 bridgehead atoms. The Morgan fingerprint density at radius 1 is 1.07 bits per heavy atom. The van der Waals surface area contributed by atoms with Gasteiger partial charge in [-0.05, 0) is 32.1 Å². The van der Waals surface area contributed by atoms with Crippen molar-refractivity contribution in [2.75, 3.05) is 6.54 Å². The van der Waals surface area contributed by atoms with Gasteiger partial charge in [0.2, 0.25) is 12.2 Å². The fourth-order valence-electron chi connectivity index (χ4n) is 1.16. The van der Waals surface area contributed by atoms with Gasteiger partial charge in [0.25, 0.3) is 0 Å². The monoisotopic (exact) mass is 196 g/mol. The second-order valence-corrected chi connectivity index (χ2v) is 3.51. The molecular weight excluding hydrogens is 180 g/mol. The first kappa shape index (κ1) is 12.8. The van der Waals surface area contributed by atoms with Crippen molar-refractivity contribution in [3.05, 3.63) is 0 Å². The Labute approximate surface area is 84.1 Å². The Morgan fingerprint density at radius 3 is 2.36 bits per heavy atom. The third kappa shape index (κ3) is 7.41. The van der Waals surface area contributed by atoms with Gasteiger partial charge in [-0.15, -0.1) is 0 Å². The summed E-state index contributed by atoms with van der Waals surface area (Å²) in [6.07, 6.45) is 5.81. The van der Waals surface area contributed by atoms with Crippen LogP contribution in [-0.4, -0.2) is 24.7 Å². The Bertz CT molecular complexity index is 241. The Balaban J connectivity index is 3.56. The average Bonchev–Trinajstić information content (AvgIpc) is 2.16. The topological polar surface area (TPSA) is 58.9 Å². The third-order valence-corrected chi connectivity index (χ3v) is 2.15. The zero-order valence-electron chi connectivity index (χ0n) is 8.69. The Hall–Kier alpha value is -1.24. The number of rotatable bonds is 7. The summed E-state index contributed by atoms with van der Waals surface area (Å²) in [5.41, 5.74) is 0. The van der Waals surface area contributed by atoms with Crippen molar-refractivity contribution in [2.45, 2.75) is 39.2 Å². The molecular formula is C10H16N2O2. The summed E-state index contributed by atoms with van der Waals surface area (Å²) < 4.78 is 0. The van der Waals surface area contributed by atoms with E-state index >= 15 is 0 Å². The van der Waals surface area contributed by atoms with Gasteiger partial charge >= 0.3 is 0 Å². The van der Waals surface area contributed by atoms with Crippen molar-refractivity contribution < 1.29 is 9.59 Å². The van der Waals surface area contributed by atoms with E-state index in [4.69, 9.17) is 0 Å². The minimum atomic E-state index is 0.0459. The standard InChI is InChI=1S/C10H16N2O2/c1-9(5-6-11-7-13)3-4-10(2)12-8-14/h9-10H,3-6H2,1-2H3. The normalized spacial score (nSPS) is 13.6. The van der Waals surface area contributed by atoms with Crippen LogP contribution >= 0.6 is 0 Å². The van der Waals surface area contributed by atoms with Gasteiger partial charge in [0, 0.05) is 0 Å². The van der Waals surface area contributed by atoms with Gasteiger partial charge in [0.05, 0.1) is 12.6 Å². The SMILES string of the molecule is CC(CCN=C=O)CCC(C)N=C=O. The van der Waals surface area contributed by atoms with Crippen LogP contribution in [0.25, 0.3) is 0 Å². The molecule has 0 N–H and O–H groups in total. The fraction of sp³-hybridized carbons (Fsp3) is 0.800. The number of isocyanates is 2. The summed E-state index contributed by atoms with van der Waals surface area (Å²) in [6, 6.07) is 0.0459. The van der Waals surface area contributed by atoms with Crippen LogP contribution in [0.5, 0.6) is 0 Å². The molecule has 14 heavy (non-hydrogen) atoms. The maximum atomic E-state index is 9.92. The molecule has 0 aromatic rings. The highest BCUT2D eigenvalue weighted by molar-refractivity contribution is 5.33. The predicted molar refractivity (Wildman–Crippen MR) is 53.6 cm³/mol. The molecule has 78 valence electrons. The molecule has 0 aromatic heterocycles. The van der Waals surface area contributed by atoms with Gasteiger partial charge in [-0.3, -0.25) is 0 Å². The number of nitrogens with zero attached hydrogens (tertiary/aromatic N) is 2. The first-order valence-corrected chi connectivity index (χ1v) is 4.81. The zero-order valence-corrected chi connectivity index (χ0v) is 8.69. The summed E-state index contributed by atoms with van der Waals surface area (Å²) in [7, 11) is 0. The first-order chi connectivity index (χ1) is 6.70. The molecule has 0 aliphatic carbocycles. The van der Waals surface area contributed by atoms with Crippen molar-refractivity contribution in [1.29, 1.82) is 0 Å². The molecule has 0 fully saturated rings. The van der Waals surface area contributed by atoms with Crippen LogP contribution < -0.4 is 0 Å². The molecule has 0 aromatic carbocycles. The van der Waals surface area contributed by atoms with E-state index in [-0.39, 0.29) is 6.04 Å². The van der Waals surface area contributed by atoms with Crippen molar-refractivity contribution in [3.8, 4) is 0 Å². The molecule has 2 atom stereocenters. The summed E-state index contributed by atoms with van der Waals surface area (Å²) >= 11 is 0. The van der Waals surface area contributed by atoms with Crippen LogP contribution in [0.4, 0.5) is 0 Å². The molecule has 0 heterocycles. The highest BCUT2D eigenvalue weighted by Crippen LogP contribution is 2.13. The van der Waals surface area contributed by atoms with E-state index in [1.54, 1.807) is 6.08 Å². The molecule has 0 saturated carbocycles. The minimum absolute atomic E-state index is 0.0459. The second kappa shape index (κ2) is 8.36. The number of carbonyl (C=O) groups excluding carboxylic acids is 2. The van der Waals surface area contributed by atoms with Crippen LogP contribution in [0.3, 0.4) is 0 Å². The maximum Gasteiger partial charge on any atom is 0.235 e. The highest BCUT2D eigenvalue weighted by atomic mass is 16.1. The molecule has 0 rings (SSSR count). The Kier molecular flexibility index (Phi) is 7.62. The van der Waals surface area contributed by atoms with Gasteiger partial charge in [-0.2, -0.15) is 0 Å². The molecule has 0 aliphatic heterocycles. The summed E-state index contributed by atoms with van der Waals surface area (Å²) in [5, 5.41) is 0. The van der Waals surface area contributed by atoms with Gasteiger partial charge < -0.3 is 0 Å². The van der Waals surface area contributed by atoms with E-state index in [2.05, 4.69) is 16.9 Å². The van der Waals surface area contributed by atoms with E-state index in [1.807, 2.05) is 6.92 Å². The van der Waals surface area contributed by atoms with E-state index in [0.29, 0.717) is 12.5 Å². The van der Waals surface area contributed by atoms with Crippen molar-refractivity contribution >= 4 is 12.2 Å². The molecule has 4 nitrogen and oxygen atoms in total. The highest BCUT2D eigenvalue weighted by Gasteiger charge is 2.05. The van der Waals surface area contributed by atoms with Crippen molar-refractivity contribution in [2.24, 2.45) is 15.9 Å². The van der Waals surface area contributed by atoms with Gasteiger partial charge in [0.15, 0.2) is 0 Å². The number of hydrogen-bond acceptors (Lipinski definition) is 4. The third-order valence-electron chi connectivity index (χ3n) is 2.15.